The first-order valence-electron chi connectivity index (χ1n) is 8.71. The topological polar surface area (TPSA) is 42.5 Å². The van der Waals surface area contributed by atoms with E-state index in [4.69, 9.17) is 21.7 Å². The Bertz CT molecular complexity index is 732. The molecule has 0 aromatic heterocycles. The van der Waals surface area contributed by atoms with E-state index >= 15 is 0 Å². The maximum absolute atomic E-state index is 5.48. The SMILES string of the molecule is COc1ccc(NC(=S)NC(C)CC(C)(C)c2ccccc2)c(OC)c1. The molecule has 2 aromatic carbocycles. The normalized spacial score (nSPS) is 12.2. The Kier molecular flexibility index (Phi) is 6.86. The highest BCUT2D eigenvalue weighted by Gasteiger charge is 2.23. The first-order valence-corrected chi connectivity index (χ1v) is 9.11. The summed E-state index contributed by atoms with van der Waals surface area (Å²) in [4.78, 5) is 0. The minimum absolute atomic E-state index is 0.0566. The van der Waals surface area contributed by atoms with Crippen LogP contribution >= 0.6 is 12.2 Å². The van der Waals surface area contributed by atoms with Crippen LogP contribution in [0.3, 0.4) is 0 Å². The smallest absolute Gasteiger partial charge is 0.171 e. The summed E-state index contributed by atoms with van der Waals surface area (Å²) in [6, 6.07) is 16.4. The molecule has 26 heavy (non-hydrogen) atoms. The lowest BCUT2D eigenvalue weighted by Gasteiger charge is -2.30. The van der Waals surface area contributed by atoms with Crippen LogP contribution in [0.25, 0.3) is 0 Å². The summed E-state index contributed by atoms with van der Waals surface area (Å²) >= 11 is 5.48. The largest absolute Gasteiger partial charge is 0.497 e. The van der Waals surface area contributed by atoms with E-state index in [0.717, 1.165) is 17.9 Å². The quantitative estimate of drug-likeness (QED) is 0.687. The van der Waals surface area contributed by atoms with Crippen molar-refractivity contribution in [2.24, 2.45) is 0 Å². The zero-order chi connectivity index (χ0) is 19.2. The number of methoxy groups -OCH3 is 2. The molecule has 0 aliphatic carbocycles. The fourth-order valence-electron chi connectivity index (χ4n) is 3.11. The second-order valence-corrected chi connectivity index (χ2v) is 7.43. The lowest BCUT2D eigenvalue weighted by molar-refractivity contribution is 0.395. The van der Waals surface area contributed by atoms with Crippen LogP contribution in [0.5, 0.6) is 11.5 Å². The molecule has 2 N–H and O–H groups in total. The van der Waals surface area contributed by atoms with E-state index in [0.29, 0.717) is 10.9 Å². The summed E-state index contributed by atoms with van der Waals surface area (Å²) in [5.74, 6) is 1.43. The zero-order valence-electron chi connectivity index (χ0n) is 16.1. The summed E-state index contributed by atoms with van der Waals surface area (Å²) in [6.45, 7) is 6.65. The van der Waals surface area contributed by atoms with Crippen LogP contribution in [0.15, 0.2) is 48.5 Å². The molecule has 0 spiro atoms. The summed E-state index contributed by atoms with van der Waals surface area (Å²) in [5, 5.41) is 7.15. The van der Waals surface area contributed by atoms with Crippen molar-refractivity contribution in [2.45, 2.75) is 38.6 Å². The molecule has 0 heterocycles. The van der Waals surface area contributed by atoms with Gasteiger partial charge < -0.3 is 20.1 Å². The summed E-state index contributed by atoms with van der Waals surface area (Å²) in [6.07, 6.45) is 0.957. The highest BCUT2D eigenvalue weighted by molar-refractivity contribution is 7.80. The molecule has 140 valence electrons. The third-order valence-corrected chi connectivity index (χ3v) is 4.63. The molecule has 4 nitrogen and oxygen atoms in total. The molecule has 0 radical (unpaired) electrons. The van der Waals surface area contributed by atoms with Gasteiger partial charge in [0.25, 0.3) is 0 Å². The molecule has 0 aliphatic heterocycles. The van der Waals surface area contributed by atoms with Gasteiger partial charge in [0.1, 0.15) is 11.5 Å². The Hall–Kier alpha value is -2.27. The van der Waals surface area contributed by atoms with Crippen LogP contribution in [0.2, 0.25) is 0 Å². The molecular weight excluding hydrogens is 344 g/mol. The Morgan fingerprint density at radius 3 is 2.38 bits per heavy atom. The van der Waals surface area contributed by atoms with Crippen molar-refractivity contribution in [3.8, 4) is 11.5 Å². The van der Waals surface area contributed by atoms with Crippen molar-refractivity contribution in [3.63, 3.8) is 0 Å². The number of hydrogen-bond acceptors (Lipinski definition) is 3. The van der Waals surface area contributed by atoms with Crippen molar-refractivity contribution < 1.29 is 9.47 Å². The molecule has 5 heteroatoms. The van der Waals surface area contributed by atoms with Crippen LogP contribution in [0.4, 0.5) is 5.69 Å². The van der Waals surface area contributed by atoms with Crippen molar-refractivity contribution in [3.05, 3.63) is 54.1 Å². The summed E-state index contributed by atoms with van der Waals surface area (Å²) < 4.78 is 10.6. The lowest BCUT2D eigenvalue weighted by Crippen LogP contribution is -2.39. The van der Waals surface area contributed by atoms with Crippen LogP contribution in [0.1, 0.15) is 32.8 Å². The maximum Gasteiger partial charge on any atom is 0.171 e. The molecule has 0 fully saturated rings. The minimum atomic E-state index is 0.0566. The Morgan fingerprint density at radius 2 is 1.77 bits per heavy atom. The van der Waals surface area contributed by atoms with E-state index in [9.17, 15) is 0 Å². The van der Waals surface area contributed by atoms with Crippen LogP contribution in [0, 0.1) is 0 Å². The van der Waals surface area contributed by atoms with Gasteiger partial charge in [-0.1, -0.05) is 44.2 Å². The van der Waals surface area contributed by atoms with E-state index < -0.39 is 0 Å². The predicted octanol–water partition coefficient (Wildman–Crippen LogP) is 4.75. The van der Waals surface area contributed by atoms with E-state index in [1.165, 1.54) is 5.56 Å². The molecule has 0 saturated carbocycles. The Morgan fingerprint density at radius 1 is 1.08 bits per heavy atom. The molecule has 1 atom stereocenters. The monoisotopic (exact) mass is 372 g/mol. The molecule has 0 saturated heterocycles. The first-order chi connectivity index (χ1) is 12.4. The second-order valence-electron chi connectivity index (χ2n) is 7.02. The maximum atomic E-state index is 5.48. The average molecular weight is 373 g/mol. The minimum Gasteiger partial charge on any atom is -0.497 e. The molecule has 1 unspecified atom stereocenters. The number of thiocarbonyl (C=S) groups is 1. The van der Waals surface area contributed by atoms with Gasteiger partial charge in [0, 0.05) is 12.1 Å². The van der Waals surface area contributed by atoms with Crippen LogP contribution < -0.4 is 20.1 Å². The molecule has 0 amide bonds. The first kappa shape index (κ1) is 20.0. The van der Waals surface area contributed by atoms with Gasteiger partial charge in [0.15, 0.2) is 5.11 Å². The summed E-state index contributed by atoms with van der Waals surface area (Å²) in [5.41, 5.74) is 2.19. The zero-order valence-corrected chi connectivity index (χ0v) is 16.9. The van der Waals surface area contributed by atoms with Crippen LogP contribution in [-0.2, 0) is 5.41 Å². The summed E-state index contributed by atoms with van der Waals surface area (Å²) in [7, 11) is 3.26. The third-order valence-electron chi connectivity index (χ3n) is 4.41. The molecular formula is C21H28N2O2S. The standard InChI is InChI=1S/C21H28N2O2S/c1-15(14-21(2,3)16-9-7-6-8-10-16)22-20(26)23-18-12-11-17(24-4)13-19(18)25-5/h6-13,15H,14H2,1-5H3,(H2,22,23,26). The number of hydrogen-bond donors (Lipinski definition) is 2. The molecule has 2 aromatic rings. The van der Waals surface area contributed by atoms with Crippen molar-refractivity contribution in [1.82, 2.24) is 5.32 Å². The Balaban J connectivity index is 1.97. The predicted molar refractivity (Wildman–Crippen MR) is 112 cm³/mol. The third kappa shape index (κ3) is 5.36. The Labute approximate surface area is 161 Å². The van der Waals surface area contributed by atoms with Crippen molar-refractivity contribution >= 4 is 23.0 Å². The molecule has 2 rings (SSSR count). The van der Waals surface area contributed by atoms with Crippen molar-refractivity contribution in [1.29, 1.82) is 0 Å². The highest BCUT2D eigenvalue weighted by atomic mass is 32.1. The lowest BCUT2D eigenvalue weighted by atomic mass is 9.79. The van der Waals surface area contributed by atoms with E-state index in [1.807, 2.05) is 24.3 Å². The van der Waals surface area contributed by atoms with Gasteiger partial charge in [0.2, 0.25) is 0 Å². The number of ether oxygens (including phenoxy) is 2. The van der Waals surface area contributed by atoms with Gasteiger partial charge in [0.05, 0.1) is 19.9 Å². The number of rotatable bonds is 7. The number of anilines is 1. The van der Waals surface area contributed by atoms with Gasteiger partial charge in [-0.05, 0) is 48.7 Å². The van der Waals surface area contributed by atoms with E-state index in [2.05, 4.69) is 55.7 Å². The van der Waals surface area contributed by atoms with E-state index in [1.54, 1.807) is 14.2 Å². The fraction of sp³-hybridized carbons (Fsp3) is 0.381. The van der Waals surface area contributed by atoms with Gasteiger partial charge in [-0.2, -0.15) is 0 Å². The number of nitrogens with one attached hydrogen (secondary N) is 2. The average Bonchev–Trinajstić information content (AvgIpc) is 2.62. The van der Waals surface area contributed by atoms with Gasteiger partial charge in [-0.15, -0.1) is 0 Å². The van der Waals surface area contributed by atoms with E-state index in [-0.39, 0.29) is 11.5 Å². The number of benzene rings is 2. The van der Waals surface area contributed by atoms with Crippen LogP contribution in [-0.4, -0.2) is 25.4 Å². The second kappa shape index (κ2) is 8.90. The highest BCUT2D eigenvalue weighted by Crippen LogP contribution is 2.30. The molecule has 0 aliphatic rings. The molecule has 0 bridgehead atoms. The fourth-order valence-corrected chi connectivity index (χ4v) is 3.42. The van der Waals surface area contributed by atoms with Crippen molar-refractivity contribution in [2.75, 3.05) is 19.5 Å². The van der Waals surface area contributed by atoms with Gasteiger partial charge in [-0.25, -0.2) is 0 Å². The van der Waals surface area contributed by atoms with Gasteiger partial charge in [-0.3, -0.25) is 0 Å². The van der Waals surface area contributed by atoms with Gasteiger partial charge >= 0.3 is 0 Å².